The van der Waals surface area contributed by atoms with Crippen LogP contribution in [0.4, 0.5) is 0 Å². The van der Waals surface area contributed by atoms with Crippen molar-refractivity contribution in [1.82, 2.24) is 0 Å². The van der Waals surface area contributed by atoms with Gasteiger partial charge in [0.25, 0.3) is 0 Å². The van der Waals surface area contributed by atoms with Crippen molar-refractivity contribution >= 4 is 0 Å². The third-order valence-corrected chi connectivity index (χ3v) is 5.85. The molecule has 0 bridgehead atoms. The molecule has 0 N–H and O–H groups in total. The van der Waals surface area contributed by atoms with Crippen molar-refractivity contribution < 1.29 is 0 Å². The average Bonchev–Trinajstić information content (AvgIpc) is 2.74. The van der Waals surface area contributed by atoms with Gasteiger partial charge in [0.2, 0.25) is 0 Å². The summed E-state index contributed by atoms with van der Waals surface area (Å²) in [6.07, 6.45) is 15.5. The maximum absolute atomic E-state index is 2.55. The molecule has 2 aliphatic rings. The Kier molecular flexibility index (Phi) is 5.69. The topological polar surface area (TPSA) is 0 Å². The molecule has 0 amide bonds. The van der Waals surface area contributed by atoms with Gasteiger partial charge in [0, 0.05) is 11.8 Å². The van der Waals surface area contributed by atoms with E-state index in [1.165, 1.54) is 68.4 Å². The minimum absolute atomic E-state index is 0.459. The van der Waals surface area contributed by atoms with Crippen molar-refractivity contribution in [3.8, 4) is 0 Å². The molecule has 2 aliphatic carbocycles. The molecule has 26 heavy (non-hydrogen) atoms. The van der Waals surface area contributed by atoms with E-state index in [1.54, 1.807) is 11.1 Å². The van der Waals surface area contributed by atoms with Gasteiger partial charge in [-0.3, -0.25) is 0 Å². The van der Waals surface area contributed by atoms with Gasteiger partial charge in [0.1, 0.15) is 0 Å². The van der Waals surface area contributed by atoms with Crippen LogP contribution in [0.1, 0.15) is 62.5 Å². The smallest absolute Gasteiger partial charge is 0.0451 e. The molecule has 0 heteroatoms. The van der Waals surface area contributed by atoms with E-state index in [4.69, 9.17) is 0 Å². The zero-order valence-corrected chi connectivity index (χ0v) is 15.7. The highest BCUT2D eigenvalue weighted by Crippen LogP contribution is 2.44. The largest absolute Gasteiger partial charge is 0.0847 e. The Balaban J connectivity index is 1.83. The van der Waals surface area contributed by atoms with Crippen LogP contribution in [0.3, 0.4) is 0 Å². The van der Waals surface area contributed by atoms with Gasteiger partial charge in [0.15, 0.2) is 0 Å². The van der Waals surface area contributed by atoms with Crippen molar-refractivity contribution in [3.63, 3.8) is 0 Å². The van der Waals surface area contributed by atoms with Gasteiger partial charge in [-0.25, -0.2) is 0 Å². The SMILES string of the molecule is C1=C(C([C](c2ccccc2)c2ccccc2)C2=CCCCC2)CCCC1. The Labute approximate surface area is 158 Å². The average molecular weight is 342 g/mol. The lowest BCUT2D eigenvalue weighted by Crippen LogP contribution is -2.22. The van der Waals surface area contributed by atoms with Crippen LogP contribution in [0.5, 0.6) is 0 Å². The van der Waals surface area contributed by atoms with Crippen LogP contribution in [0.2, 0.25) is 0 Å². The molecule has 0 aromatic heterocycles. The minimum Gasteiger partial charge on any atom is -0.0847 e. The molecule has 0 nitrogen and oxygen atoms in total. The van der Waals surface area contributed by atoms with Gasteiger partial charge in [-0.05, 0) is 62.5 Å². The third kappa shape index (κ3) is 3.85. The predicted octanol–water partition coefficient (Wildman–Crippen LogP) is 7.27. The summed E-state index contributed by atoms with van der Waals surface area (Å²) >= 11 is 0. The Morgan fingerprint density at radius 1 is 0.577 bits per heavy atom. The Morgan fingerprint density at radius 2 is 1.04 bits per heavy atom. The molecule has 4 rings (SSSR count). The summed E-state index contributed by atoms with van der Waals surface area (Å²) in [5.74, 6) is 1.97. The van der Waals surface area contributed by atoms with Crippen molar-refractivity contribution in [2.24, 2.45) is 5.92 Å². The number of allylic oxidation sites excluding steroid dienone is 4. The van der Waals surface area contributed by atoms with Gasteiger partial charge >= 0.3 is 0 Å². The second-order valence-electron chi connectivity index (χ2n) is 7.63. The van der Waals surface area contributed by atoms with Gasteiger partial charge in [0.05, 0.1) is 0 Å². The highest BCUT2D eigenvalue weighted by atomic mass is 14.3. The zero-order chi connectivity index (χ0) is 17.6. The lowest BCUT2D eigenvalue weighted by molar-refractivity contribution is 0.582. The summed E-state index contributed by atoms with van der Waals surface area (Å²) in [7, 11) is 0. The lowest BCUT2D eigenvalue weighted by atomic mass is 9.69. The summed E-state index contributed by atoms with van der Waals surface area (Å²) in [6.45, 7) is 0. The standard InChI is InChI=1S/C26H29/c1-5-13-21(14-6-1)25(22-15-7-2-8-16-22)26(23-17-9-3-10-18-23)24-19-11-4-12-20-24/h1-2,5-8,13-17,19,26H,3-4,9-12,18,20H2. The molecule has 0 aliphatic heterocycles. The van der Waals surface area contributed by atoms with Crippen LogP contribution in [-0.2, 0) is 0 Å². The summed E-state index contributed by atoms with van der Waals surface area (Å²) in [6, 6.07) is 22.1. The number of rotatable bonds is 5. The van der Waals surface area contributed by atoms with E-state index in [-0.39, 0.29) is 0 Å². The van der Waals surface area contributed by atoms with Crippen molar-refractivity contribution in [2.45, 2.75) is 51.4 Å². The van der Waals surface area contributed by atoms with Crippen molar-refractivity contribution in [3.05, 3.63) is 101 Å². The predicted molar refractivity (Wildman–Crippen MR) is 111 cm³/mol. The molecular weight excluding hydrogens is 312 g/mol. The van der Waals surface area contributed by atoms with Gasteiger partial charge in [-0.15, -0.1) is 0 Å². The minimum atomic E-state index is 0.459. The third-order valence-electron chi connectivity index (χ3n) is 5.85. The molecular formula is C26H29. The highest BCUT2D eigenvalue weighted by Gasteiger charge is 2.32. The van der Waals surface area contributed by atoms with E-state index < -0.39 is 0 Å². The van der Waals surface area contributed by atoms with Crippen LogP contribution < -0.4 is 0 Å². The van der Waals surface area contributed by atoms with Gasteiger partial charge in [-0.1, -0.05) is 84.0 Å². The summed E-state index contributed by atoms with van der Waals surface area (Å²) in [4.78, 5) is 0. The molecule has 2 aromatic carbocycles. The fourth-order valence-electron chi connectivity index (χ4n) is 4.59. The quantitative estimate of drug-likeness (QED) is 0.501. The first kappa shape index (κ1) is 17.3. The van der Waals surface area contributed by atoms with Crippen LogP contribution in [0, 0.1) is 11.8 Å². The van der Waals surface area contributed by atoms with Crippen LogP contribution in [0.25, 0.3) is 0 Å². The second-order valence-corrected chi connectivity index (χ2v) is 7.63. The van der Waals surface area contributed by atoms with E-state index >= 15 is 0 Å². The monoisotopic (exact) mass is 341 g/mol. The fraction of sp³-hybridized carbons (Fsp3) is 0.346. The van der Waals surface area contributed by atoms with E-state index in [0.29, 0.717) is 5.92 Å². The molecule has 0 unspecified atom stereocenters. The summed E-state index contributed by atoms with van der Waals surface area (Å²) < 4.78 is 0. The zero-order valence-electron chi connectivity index (χ0n) is 15.7. The van der Waals surface area contributed by atoms with Crippen LogP contribution in [0.15, 0.2) is 84.0 Å². The molecule has 2 aromatic rings. The Hall–Kier alpha value is -2.08. The molecule has 0 heterocycles. The molecule has 0 fully saturated rings. The van der Waals surface area contributed by atoms with E-state index in [9.17, 15) is 0 Å². The van der Waals surface area contributed by atoms with E-state index in [0.717, 1.165) is 0 Å². The Bertz CT molecular complexity index is 686. The van der Waals surface area contributed by atoms with Crippen LogP contribution >= 0.6 is 0 Å². The highest BCUT2D eigenvalue weighted by molar-refractivity contribution is 5.53. The fourth-order valence-corrected chi connectivity index (χ4v) is 4.59. The number of hydrogen-bond acceptors (Lipinski definition) is 0. The van der Waals surface area contributed by atoms with Gasteiger partial charge < -0.3 is 0 Å². The molecule has 1 radical (unpaired) electrons. The van der Waals surface area contributed by atoms with E-state index in [1.807, 2.05) is 0 Å². The molecule has 0 atom stereocenters. The first-order valence-corrected chi connectivity index (χ1v) is 10.3. The summed E-state index contributed by atoms with van der Waals surface area (Å²) in [5, 5.41) is 0. The molecule has 0 saturated heterocycles. The first-order chi connectivity index (χ1) is 12.9. The number of hydrogen-bond donors (Lipinski definition) is 0. The first-order valence-electron chi connectivity index (χ1n) is 10.3. The van der Waals surface area contributed by atoms with Gasteiger partial charge in [-0.2, -0.15) is 0 Å². The van der Waals surface area contributed by atoms with Crippen molar-refractivity contribution in [1.29, 1.82) is 0 Å². The molecule has 0 saturated carbocycles. The second kappa shape index (κ2) is 8.54. The van der Waals surface area contributed by atoms with Crippen molar-refractivity contribution in [2.75, 3.05) is 0 Å². The molecule has 133 valence electrons. The van der Waals surface area contributed by atoms with E-state index in [2.05, 4.69) is 72.8 Å². The number of benzene rings is 2. The summed E-state index contributed by atoms with van der Waals surface area (Å²) in [5.41, 5.74) is 6.07. The molecule has 0 spiro atoms. The van der Waals surface area contributed by atoms with Crippen LogP contribution in [-0.4, -0.2) is 0 Å². The lowest BCUT2D eigenvalue weighted by Gasteiger charge is -2.34. The maximum Gasteiger partial charge on any atom is 0.0451 e. The normalized spacial score (nSPS) is 17.9. The Morgan fingerprint density at radius 3 is 1.42 bits per heavy atom. The maximum atomic E-state index is 2.55.